The van der Waals surface area contributed by atoms with E-state index in [1.54, 1.807) is 0 Å². The van der Waals surface area contributed by atoms with E-state index in [1.807, 2.05) is 16.2 Å². The maximum absolute atomic E-state index is 12.6. The molecule has 0 fully saturated rings. The van der Waals surface area contributed by atoms with Crippen molar-refractivity contribution in [2.45, 2.75) is 45.3 Å². The minimum atomic E-state index is 0.0812. The number of carbonyl (C=O) groups excluding carboxylic acids is 1. The van der Waals surface area contributed by atoms with Crippen molar-refractivity contribution in [1.29, 1.82) is 0 Å². The maximum atomic E-state index is 12.6. The third kappa shape index (κ3) is 3.64. The molecule has 2 amide bonds. The van der Waals surface area contributed by atoms with Crippen LogP contribution in [0.4, 0.5) is 4.79 Å². The fourth-order valence-electron chi connectivity index (χ4n) is 4.10. The fourth-order valence-corrected chi connectivity index (χ4v) is 4.99. The van der Waals surface area contributed by atoms with Crippen molar-refractivity contribution in [3.63, 3.8) is 0 Å². The number of hydrogen-bond acceptors (Lipinski definition) is 3. The Balaban J connectivity index is 1.32. The standard InChI is InChI=1S/C21H27N3OS/c1-2-19(23-10-7-16-5-3-4-6-17(16)14-23)13-22-21(25)24-11-8-20-18(15-24)9-12-26-20/h3-6,9,12,19H,2,7-8,10-11,13-15H2,1H3,(H,22,25). The Bertz CT molecular complexity index is 772. The molecule has 2 aromatic rings. The van der Waals surface area contributed by atoms with Crippen molar-refractivity contribution >= 4 is 17.4 Å². The van der Waals surface area contributed by atoms with Gasteiger partial charge in [0.1, 0.15) is 0 Å². The van der Waals surface area contributed by atoms with Crippen molar-refractivity contribution in [1.82, 2.24) is 15.1 Å². The second-order valence-corrected chi connectivity index (χ2v) is 8.28. The molecular weight excluding hydrogens is 342 g/mol. The number of hydrogen-bond donors (Lipinski definition) is 1. The molecule has 26 heavy (non-hydrogen) atoms. The van der Waals surface area contributed by atoms with Crippen LogP contribution in [0.5, 0.6) is 0 Å². The lowest BCUT2D eigenvalue weighted by Gasteiger charge is -2.36. The molecule has 4 rings (SSSR count). The summed E-state index contributed by atoms with van der Waals surface area (Å²) in [5, 5.41) is 5.33. The van der Waals surface area contributed by atoms with Gasteiger partial charge >= 0.3 is 6.03 Å². The summed E-state index contributed by atoms with van der Waals surface area (Å²) in [6, 6.07) is 11.4. The van der Waals surface area contributed by atoms with Crippen LogP contribution in [0.2, 0.25) is 0 Å². The molecule has 0 saturated heterocycles. The van der Waals surface area contributed by atoms with Gasteiger partial charge in [-0.3, -0.25) is 4.90 Å². The first-order valence-corrected chi connectivity index (χ1v) is 10.5. The van der Waals surface area contributed by atoms with E-state index in [-0.39, 0.29) is 6.03 Å². The quantitative estimate of drug-likeness (QED) is 0.893. The van der Waals surface area contributed by atoms with E-state index in [9.17, 15) is 4.79 Å². The number of urea groups is 1. The smallest absolute Gasteiger partial charge is 0.317 e. The molecule has 1 aromatic carbocycles. The number of nitrogens with zero attached hydrogens (tertiary/aromatic N) is 2. The molecular formula is C21H27N3OS. The molecule has 0 bridgehead atoms. The van der Waals surface area contributed by atoms with Crippen LogP contribution in [0.1, 0.15) is 34.9 Å². The summed E-state index contributed by atoms with van der Waals surface area (Å²) in [6.07, 6.45) is 3.14. The van der Waals surface area contributed by atoms with E-state index in [0.29, 0.717) is 6.04 Å². The Morgan fingerprint density at radius 3 is 2.81 bits per heavy atom. The van der Waals surface area contributed by atoms with Gasteiger partial charge in [0, 0.05) is 43.6 Å². The van der Waals surface area contributed by atoms with Gasteiger partial charge in [-0.15, -0.1) is 11.3 Å². The first-order chi connectivity index (χ1) is 12.7. The molecule has 0 aliphatic carbocycles. The molecule has 138 valence electrons. The SMILES string of the molecule is CCC(CNC(=O)N1CCc2sccc2C1)N1CCc2ccccc2C1. The fraction of sp³-hybridized carbons (Fsp3) is 0.476. The first kappa shape index (κ1) is 17.6. The molecule has 1 atom stereocenters. The molecule has 4 nitrogen and oxygen atoms in total. The summed E-state index contributed by atoms with van der Waals surface area (Å²) in [4.78, 5) is 18.5. The van der Waals surface area contributed by atoms with Gasteiger partial charge in [-0.2, -0.15) is 0 Å². The van der Waals surface area contributed by atoms with Gasteiger partial charge in [-0.05, 0) is 47.4 Å². The normalized spacial score (nSPS) is 18.1. The third-order valence-electron chi connectivity index (χ3n) is 5.73. The lowest BCUT2D eigenvalue weighted by Crippen LogP contribution is -2.49. The van der Waals surface area contributed by atoms with Gasteiger partial charge in [0.05, 0.1) is 0 Å². The van der Waals surface area contributed by atoms with E-state index < -0.39 is 0 Å². The molecule has 2 aliphatic rings. The average molecular weight is 370 g/mol. The van der Waals surface area contributed by atoms with E-state index in [0.717, 1.165) is 52.0 Å². The Morgan fingerprint density at radius 2 is 1.96 bits per heavy atom. The summed E-state index contributed by atoms with van der Waals surface area (Å²) < 4.78 is 0. The van der Waals surface area contributed by atoms with Gasteiger partial charge in [-0.25, -0.2) is 4.79 Å². The second kappa shape index (κ2) is 7.80. The van der Waals surface area contributed by atoms with E-state index in [2.05, 4.69) is 52.9 Å². The number of amides is 2. The largest absolute Gasteiger partial charge is 0.336 e. The monoisotopic (exact) mass is 369 g/mol. The Hall–Kier alpha value is -1.85. The van der Waals surface area contributed by atoms with E-state index >= 15 is 0 Å². The summed E-state index contributed by atoms with van der Waals surface area (Å²) in [5.41, 5.74) is 4.23. The number of benzene rings is 1. The van der Waals surface area contributed by atoms with Crippen LogP contribution < -0.4 is 5.32 Å². The van der Waals surface area contributed by atoms with Crippen LogP contribution >= 0.6 is 11.3 Å². The van der Waals surface area contributed by atoms with E-state index in [1.165, 1.54) is 21.6 Å². The highest BCUT2D eigenvalue weighted by molar-refractivity contribution is 7.10. The summed E-state index contributed by atoms with van der Waals surface area (Å²) in [6.45, 7) is 6.59. The minimum absolute atomic E-state index is 0.0812. The summed E-state index contributed by atoms with van der Waals surface area (Å²) in [7, 11) is 0. The van der Waals surface area contributed by atoms with E-state index in [4.69, 9.17) is 0 Å². The van der Waals surface area contributed by atoms with Crippen molar-refractivity contribution in [2.24, 2.45) is 0 Å². The topological polar surface area (TPSA) is 35.6 Å². The highest BCUT2D eigenvalue weighted by Gasteiger charge is 2.25. The lowest BCUT2D eigenvalue weighted by molar-refractivity contribution is 0.159. The van der Waals surface area contributed by atoms with Gasteiger partial charge in [0.25, 0.3) is 0 Å². The number of nitrogens with one attached hydrogen (secondary N) is 1. The van der Waals surface area contributed by atoms with Crippen molar-refractivity contribution < 1.29 is 4.79 Å². The number of carbonyl (C=O) groups is 1. The van der Waals surface area contributed by atoms with Crippen molar-refractivity contribution in [3.05, 3.63) is 57.3 Å². The highest BCUT2D eigenvalue weighted by atomic mass is 32.1. The van der Waals surface area contributed by atoms with Crippen LogP contribution in [0.15, 0.2) is 35.7 Å². The summed E-state index contributed by atoms with van der Waals surface area (Å²) >= 11 is 1.81. The molecule has 1 N–H and O–H groups in total. The van der Waals surface area contributed by atoms with Gasteiger partial charge in [-0.1, -0.05) is 31.2 Å². The molecule has 0 radical (unpaired) electrons. The molecule has 3 heterocycles. The number of rotatable bonds is 4. The van der Waals surface area contributed by atoms with Gasteiger partial charge < -0.3 is 10.2 Å². The van der Waals surface area contributed by atoms with Gasteiger partial charge in [0.15, 0.2) is 0 Å². The van der Waals surface area contributed by atoms with Crippen LogP contribution in [0.25, 0.3) is 0 Å². The number of fused-ring (bicyclic) bond motifs is 2. The average Bonchev–Trinajstić information content (AvgIpc) is 3.16. The van der Waals surface area contributed by atoms with Gasteiger partial charge in [0.2, 0.25) is 0 Å². The van der Waals surface area contributed by atoms with Crippen molar-refractivity contribution in [2.75, 3.05) is 19.6 Å². The Kier molecular flexibility index (Phi) is 5.27. The first-order valence-electron chi connectivity index (χ1n) is 9.63. The predicted octanol–water partition coefficient (Wildman–Crippen LogP) is 3.65. The summed E-state index contributed by atoms with van der Waals surface area (Å²) in [5.74, 6) is 0. The predicted molar refractivity (Wildman–Crippen MR) is 106 cm³/mol. The molecule has 2 aliphatic heterocycles. The Labute approximate surface area is 159 Å². The highest BCUT2D eigenvalue weighted by Crippen LogP contribution is 2.24. The minimum Gasteiger partial charge on any atom is -0.336 e. The third-order valence-corrected chi connectivity index (χ3v) is 6.75. The zero-order valence-electron chi connectivity index (χ0n) is 15.4. The lowest BCUT2D eigenvalue weighted by atomic mass is 9.98. The zero-order valence-corrected chi connectivity index (χ0v) is 16.2. The molecule has 5 heteroatoms. The van der Waals surface area contributed by atoms with Crippen molar-refractivity contribution in [3.8, 4) is 0 Å². The van der Waals surface area contributed by atoms with Crippen LogP contribution in [0, 0.1) is 0 Å². The maximum Gasteiger partial charge on any atom is 0.317 e. The molecule has 0 saturated carbocycles. The molecule has 0 spiro atoms. The van der Waals surface area contributed by atoms with Crippen LogP contribution in [-0.4, -0.2) is 41.5 Å². The van der Waals surface area contributed by atoms with Crippen LogP contribution in [0.3, 0.4) is 0 Å². The second-order valence-electron chi connectivity index (χ2n) is 7.28. The Morgan fingerprint density at radius 1 is 1.12 bits per heavy atom. The molecule has 1 unspecified atom stereocenters. The molecule has 1 aromatic heterocycles. The zero-order chi connectivity index (χ0) is 17.9. The number of thiophene rings is 1. The van der Waals surface area contributed by atoms with Crippen LogP contribution in [-0.2, 0) is 25.9 Å².